The Bertz CT molecular complexity index is 2010. The smallest absolute Gasteiger partial charge is 0.475 e. The topological polar surface area (TPSA) is 197 Å². The van der Waals surface area contributed by atoms with Crippen LogP contribution in [0.4, 0.5) is 54.6 Å². The van der Waals surface area contributed by atoms with E-state index in [9.17, 15) is 48.7 Å². The van der Waals surface area contributed by atoms with Gasteiger partial charge in [0.1, 0.15) is 11.5 Å². The van der Waals surface area contributed by atoms with Crippen LogP contribution in [0.1, 0.15) is 17.5 Å². The number of aromatic nitrogens is 2. The first-order valence-electron chi connectivity index (χ1n) is 17.1. The number of carboxylic acid groups (broad SMARTS) is 3. The van der Waals surface area contributed by atoms with E-state index in [1.165, 1.54) is 12.1 Å². The van der Waals surface area contributed by atoms with E-state index in [4.69, 9.17) is 46.3 Å². The molecule has 0 spiro atoms. The molecule has 0 radical (unpaired) electrons. The van der Waals surface area contributed by atoms with Crippen LogP contribution in [-0.2, 0) is 27.5 Å². The molecule has 2 aromatic carbocycles. The van der Waals surface area contributed by atoms with Crippen molar-refractivity contribution in [3.05, 3.63) is 76.7 Å². The molecule has 61 heavy (non-hydrogen) atoms. The summed E-state index contributed by atoms with van der Waals surface area (Å²) in [5, 5.41) is 32.0. The fourth-order valence-corrected chi connectivity index (χ4v) is 5.91. The maximum atomic E-state index is 13.0. The van der Waals surface area contributed by atoms with Crippen molar-refractivity contribution in [1.29, 1.82) is 0 Å². The lowest BCUT2D eigenvalue weighted by molar-refractivity contribution is -0.193. The van der Waals surface area contributed by atoms with Crippen molar-refractivity contribution in [1.82, 2.24) is 30.4 Å². The molecule has 336 valence electrons. The van der Waals surface area contributed by atoms with Gasteiger partial charge in [0.05, 0.1) is 16.1 Å². The van der Waals surface area contributed by atoms with E-state index in [-0.39, 0.29) is 11.8 Å². The Balaban J connectivity index is 0.000000502. The van der Waals surface area contributed by atoms with E-state index in [1.807, 2.05) is 12.1 Å². The molecule has 2 amide bonds. The van der Waals surface area contributed by atoms with E-state index in [2.05, 4.69) is 49.9 Å². The summed E-state index contributed by atoms with van der Waals surface area (Å²) in [5.74, 6) is -7.99. The van der Waals surface area contributed by atoms with Crippen molar-refractivity contribution in [3.8, 4) is 10.6 Å². The molecule has 2 aromatic heterocycles. The molecule has 0 unspecified atom stereocenters. The predicted octanol–water partition coefficient (Wildman–Crippen LogP) is 7.10. The number of urea groups is 1. The molecule has 0 aliphatic carbocycles. The van der Waals surface area contributed by atoms with Crippen LogP contribution in [0.15, 0.2) is 54.7 Å². The number of piperazine rings is 1. The molecule has 4 aromatic rings. The summed E-state index contributed by atoms with van der Waals surface area (Å²) < 4.78 is 109. The van der Waals surface area contributed by atoms with Crippen LogP contribution in [0.25, 0.3) is 20.7 Å². The number of amides is 2. The maximum absolute atomic E-state index is 13.0. The van der Waals surface area contributed by atoms with Crippen molar-refractivity contribution < 1.29 is 78.4 Å². The first kappa shape index (κ1) is 51.6. The fourth-order valence-electron chi connectivity index (χ4n) is 4.53. The summed E-state index contributed by atoms with van der Waals surface area (Å²) in [7, 11) is 2.17. The van der Waals surface area contributed by atoms with Crippen molar-refractivity contribution in [2.24, 2.45) is 0 Å². The number of likely N-dealkylation sites (N-methyl/N-ethyl adjacent to an activating group) is 1. The second-order valence-corrected chi connectivity index (χ2v) is 13.9. The summed E-state index contributed by atoms with van der Waals surface area (Å²) in [4.78, 5) is 53.8. The molecule has 1 aliphatic heterocycles. The van der Waals surface area contributed by atoms with Crippen molar-refractivity contribution in [2.45, 2.75) is 38.0 Å². The highest BCUT2D eigenvalue weighted by molar-refractivity contribution is 7.22. The first-order valence-corrected chi connectivity index (χ1v) is 18.3. The van der Waals surface area contributed by atoms with Gasteiger partial charge in [-0.25, -0.2) is 33.5 Å². The number of anilines is 1. The van der Waals surface area contributed by atoms with Gasteiger partial charge in [0, 0.05) is 50.5 Å². The molecule has 1 saturated heterocycles. The van der Waals surface area contributed by atoms with E-state index >= 15 is 0 Å². The number of nitrogens with one attached hydrogen (secondary N) is 3. The summed E-state index contributed by atoms with van der Waals surface area (Å²) in [6, 6.07) is 13.9. The van der Waals surface area contributed by atoms with Gasteiger partial charge in [-0.05, 0) is 60.8 Å². The Morgan fingerprint density at radius 3 is 1.77 bits per heavy atom. The molecular formula is C35H36ClF10N7O7S. The quantitative estimate of drug-likeness (QED) is 0.0699. The van der Waals surface area contributed by atoms with Gasteiger partial charge < -0.3 is 41.1 Å². The molecule has 14 nitrogen and oxygen atoms in total. The molecule has 1 aliphatic rings. The molecule has 5 rings (SSSR count). The number of carbonyl (C=O) groups excluding carboxylic acids is 1. The van der Waals surface area contributed by atoms with Gasteiger partial charge in [-0.1, -0.05) is 35.9 Å². The third kappa shape index (κ3) is 19.6. The number of nitrogens with zero attached hydrogens (tertiary/aromatic N) is 4. The van der Waals surface area contributed by atoms with E-state index in [0.717, 1.165) is 71.8 Å². The number of fused-ring (bicyclic) bond motifs is 1. The molecular weight excluding hydrogens is 888 g/mol. The minimum atomic E-state index is -5.08. The molecule has 6 N–H and O–H groups in total. The van der Waals surface area contributed by atoms with Crippen LogP contribution in [0, 0.1) is 5.82 Å². The first-order chi connectivity index (χ1) is 28.3. The zero-order chi connectivity index (χ0) is 46.1. The average molecular weight is 924 g/mol. The van der Waals surface area contributed by atoms with Gasteiger partial charge in [0.15, 0.2) is 0 Å². The van der Waals surface area contributed by atoms with Crippen LogP contribution < -0.4 is 16.0 Å². The number of rotatable bonds is 10. The van der Waals surface area contributed by atoms with Gasteiger partial charge >= 0.3 is 42.5 Å². The Hall–Kier alpha value is -5.53. The van der Waals surface area contributed by atoms with Crippen molar-refractivity contribution in [2.75, 3.05) is 51.6 Å². The number of carboxylic acids is 3. The van der Waals surface area contributed by atoms with Crippen LogP contribution in [-0.4, -0.2) is 124 Å². The SMILES string of the molecule is CN1CCN(CCCNc2ncc(Cl)c(-c3cc4ccc(CNC(=O)NCc5ccc(F)cc5)cc4s3)n2)CC1.O=C(O)C(F)(F)F.O=C(O)C(F)(F)F.O=C(O)C(F)(F)F. The maximum Gasteiger partial charge on any atom is 0.490 e. The van der Waals surface area contributed by atoms with Gasteiger partial charge in [-0.3, -0.25) is 0 Å². The van der Waals surface area contributed by atoms with Gasteiger partial charge in [-0.15, -0.1) is 11.3 Å². The van der Waals surface area contributed by atoms with E-state index in [0.29, 0.717) is 29.8 Å². The second-order valence-electron chi connectivity index (χ2n) is 12.4. The standard InChI is InChI=1S/C29H33ClFN7OS.3C2HF3O2/c1-37-11-13-38(14-12-37)10-2-9-32-28-33-19-24(30)27(36-28)26-16-22-6-3-21(15-25(22)40-26)18-35-29(39)34-17-20-4-7-23(31)8-5-20;3*3-2(4,5)1(6)7/h3-8,15-16,19H,2,9-14,17-18H2,1H3,(H,32,33,36)(H2,34,35,39);3*(H,6,7). The minimum absolute atomic E-state index is 0.285. The lowest BCUT2D eigenvalue weighted by atomic mass is 10.1. The number of hydrogen-bond donors (Lipinski definition) is 6. The largest absolute Gasteiger partial charge is 0.490 e. The highest BCUT2D eigenvalue weighted by atomic mass is 35.5. The number of thiophene rings is 1. The third-order valence-corrected chi connectivity index (χ3v) is 9.02. The van der Waals surface area contributed by atoms with Crippen molar-refractivity contribution in [3.63, 3.8) is 0 Å². The number of benzene rings is 2. The summed E-state index contributed by atoms with van der Waals surface area (Å²) in [6.07, 6.45) is -12.6. The van der Waals surface area contributed by atoms with E-state index < -0.39 is 36.4 Å². The molecule has 0 bridgehead atoms. The number of carbonyl (C=O) groups is 4. The summed E-state index contributed by atoms with van der Waals surface area (Å²) in [6.45, 7) is 7.05. The lowest BCUT2D eigenvalue weighted by Crippen LogP contribution is -2.44. The highest BCUT2D eigenvalue weighted by Gasteiger charge is 2.39. The van der Waals surface area contributed by atoms with Gasteiger partial charge in [0.2, 0.25) is 5.95 Å². The lowest BCUT2D eigenvalue weighted by Gasteiger charge is -2.32. The summed E-state index contributed by atoms with van der Waals surface area (Å²) in [5.41, 5.74) is 2.52. The normalized spacial score (nSPS) is 13.3. The van der Waals surface area contributed by atoms with Crippen LogP contribution >= 0.6 is 22.9 Å². The second kappa shape index (κ2) is 23.5. The average Bonchev–Trinajstić information content (AvgIpc) is 3.60. The Labute approximate surface area is 348 Å². The predicted molar refractivity (Wildman–Crippen MR) is 201 cm³/mol. The monoisotopic (exact) mass is 923 g/mol. The Kier molecular flexibility index (Phi) is 19.9. The number of aliphatic carboxylic acids is 3. The zero-order valence-electron chi connectivity index (χ0n) is 31.4. The molecule has 0 atom stereocenters. The van der Waals surface area contributed by atoms with Crippen LogP contribution in [0.5, 0.6) is 0 Å². The number of alkyl halides is 9. The minimum Gasteiger partial charge on any atom is -0.475 e. The Morgan fingerprint density at radius 2 is 1.26 bits per heavy atom. The van der Waals surface area contributed by atoms with Gasteiger partial charge in [0.25, 0.3) is 0 Å². The number of hydrogen-bond acceptors (Lipinski definition) is 10. The third-order valence-electron chi connectivity index (χ3n) is 7.64. The highest BCUT2D eigenvalue weighted by Crippen LogP contribution is 2.36. The van der Waals surface area contributed by atoms with Crippen LogP contribution in [0.2, 0.25) is 5.02 Å². The molecule has 0 saturated carbocycles. The molecule has 3 heterocycles. The van der Waals surface area contributed by atoms with Crippen LogP contribution in [0.3, 0.4) is 0 Å². The fraction of sp³-hybridized carbons (Fsp3) is 0.371. The van der Waals surface area contributed by atoms with E-state index in [1.54, 1.807) is 29.7 Å². The van der Waals surface area contributed by atoms with Crippen molar-refractivity contribution >= 4 is 62.9 Å². The summed E-state index contributed by atoms with van der Waals surface area (Å²) >= 11 is 8.11. The number of halogens is 11. The van der Waals surface area contributed by atoms with Gasteiger partial charge in [-0.2, -0.15) is 39.5 Å². The zero-order valence-corrected chi connectivity index (χ0v) is 33.0. The molecule has 26 heteroatoms. The molecule has 1 fully saturated rings. The Morgan fingerprint density at radius 1 is 0.770 bits per heavy atom.